The third-order valence-corrected chi connectivity index (χ3v) is 4.92. The number of guanidine groups is 1. The predicted molar refractivity (Wildman–Crippen MR) is 110 cm³/mol. The van der Waals surface area contributed by atoms with Crippen molar-refractivity contribution in [1.82, 2.24) is 5.32 Å². The fourth-order valence-corrected chi connectivity index (χ4v) is 3.43. The van der Waals surface area contributed by atoms with Crippen LogP contribution in [0.4, 0.5) is 0 Å². The van der Waals surface area contributed by atoms with Crippen LogP contribution in [-0.4, -0.2) is 18.5 Å². The molecule has 27 heavy (non-hydrogen) atoms. The van der Waals surface area contributed by atoms with Gasteiger partial charge in [-0.15, -0.1) is 12.4 Å². The third-order valence-electron chi connectivity index (χ3n) is 4.92. The van der Waals surface area contributed by atoms with Crippen LogP contribution in [0.1, 0.15) is 25.7 Å². The first kappa shape index (κ1) is 20.8. The Balaban J connectivity index is 0.00000261. The van der Waals surface area contributed by atoms with Crippen molar-refractivity contribution in [2.75, 3.05) is 6.54 Å². The fraction of sp³-hybridized carbons (Fsp3) is 0.333. The molecule has 144 valence electrons. The van der Waals surface area contributed by atoms with Crippen molar-refractivity contribution in [3.05, 3.63) is 54.6 Å². The number of rotatable bonds is 5. The molecule has 2 aromatic carbocycles. The molecule has 0 heterocycles. The first-order valence-electron chi connectivity index (χ1n) is 9.07. The summed E-state index contributed by atoms with van der Waals surface area (Å²) in [6, 6.07) is 17.7. The monoisotopic (exact) mass is 387 g/mol. The second kappa shape index (κ2) is 9.97. The molecule has 0 saturated heterocycles. The molecule has 0 aromatic heterocycles. The number of hydrogen-bond acceptors (Lipinski definition) is 3. The molecule has 2 aromatic rings. The summed E-state index contributed by atoms with van der Waals surface area (Å²) in [6.45, 7) is 0.705. The van der Waals surface area contributed by atoms with Gasteiger partial charge in [-0.25, -0.2) is 0 Å². The molecular formula is C21H26ClN3O2. The highest BCUT2D eigenvalue weighted by atomic mass is 35.5. The second-order valence-corrected chi connectivity index (χ2v) is 6.83. The van der Waals surface area contributed by atoms with Gasteiger partial charge in [0.1, 0.15) is 5.75 Å². The Kier molecular flexibility index (Phi) is 7.67. The van der Waals surface area contributed by atoms with Crippen molar-refractivity contribution >= 4 is 24.3 Å². The van der Waals surface area contributed by atoms with E-state index in [0.717, 1.165) is 36.8 Å². The highest BCUT2D eigenvalue weighted by molar-refractivity contribution is 5.85. The molecule has 1 saturated carbocycles. The van der Waals surface area contributed by atoms with Crippen LogP contribution in [0.2, 0.25) is 0 Å². The number of hydrogen-bond donors (Lipinski definition) is 3. The van der Waals surface area contributed by atoms with E-state index in [4.69, 9.17) is 15.9 Å². The fourth-order valence-electron chi connectivity index (χ4n) is 3.43. The van der Waals surface area contributed by atoms with Crippen LogP contribution in [-0.2, 0) is 4.79 Å². The lowest BCUT2D eigenvalue weighted by molar-refractivity contribution is -0.140. The van der Waals surface area contributed by atoms with Crippen LogP contribution in [0.15, 0.2) is 54.6 Å². The largest absolute Gasteiger partial charge is 0.426 e. The zero-order chi connectivity index (χ0) is 18.4. The van der Waals surface area contributed by atoms with Gasteiger partial charge in [-0.3, -0.25) is 10.2 Å². The van der Waals surface area contributed by atoms with Gasteiger partial charge in [0.25, 0.3) is 0 Å². The van der Waals surface area contributed by atoms with Gasteiger partial charge in [0.2, 0.25) is 0 Å². The summed E-state index contributed by atoms with van der Waals surface area (Å²) in [5.74, 6) is 0.864. The summed E-state index contributed by atoms with van der Waals surface area (Å²) in [5.41, 5.74) is 7.46. The Bertz CT molecular complexity index is 759. The predicted octanol–water partition coefficient (Wildman–Crippen LogP) is 3.97. The summed E-state index contributed by atoms with van der Waals surface area (Å²) in [6.07, 6.45) is 3.54. The molecule has 1 aliphatic rings. The topological polar surface area (TPSA) is 88.2 Å². The maximum atomic E-state index is 12.5. The number of benzene rings is 2. The molecule has 4 N–H and O–H groups in total. The van der Waals surface area contributed by atoms with Crippen molar-refractivity contribution in [3.63, 3.8) is 0 Å². The first-order valence-corrected chi connectivity index (χ1v) is 9.07. The minimum absolute atomic E-state index is 0. The SMILES string of the molecule is Cl.N=C(N)NC[C@H]1CC[C@H](C(=O)Oc2cccc(-c3ccccc3)c2)CC1. The van der Waals surface area contributed by atoms with E-state index in [9.17, 15) is 4.79 Å². The Morgan fingerprint density at radius 3 is 2.37 bits per heavy atom. The van der Waals surface area contributed by atoms with Gasteiger partial charge < -0.3 is 15.8 Å². The van der Waals surface area contributed by atoms with E-state index in [1.54, 1.807) is 0 Å². The summed E-state index contributed by atoms with van der Waals surface area (Å²) in [7, 11) is 0. The molecule has 0 atom stereocenters. The number of carbonyl (C=O) groups excluding carboxylic acids is 1. The summed E-state index contributed by atoms with van der Waals surface area (Å²) < 4.78 is 5.64. The second-order valence-electron chi connectivity index (χ2n) is 6.83. The molecule has 0 spiro atoms. The average molecular weight is 388 g/mol. The average Bonchev–Trinajstić information content (AvgIpc) is 2.67. The van der Waals surface area contributed by atoms with Crippen LogP contribution < -0.4 is 15.8 Å². The van der Waals surface area contributed by atoms with Crippen LogP contribution in [0.5, 0.6) is 5.75 Å². The first-order chi connectivity index (χ1) is 12.6. The normalized spacial score (nSPS) is 18.8. The lowest BCUT2D eigenvalue weighted by Crippen LogP contribution is -2.36. The number of nitrogens with one attached hydrogen (secondary N) is 2. The molecule has 3 rings (SSSR count). The Morgan fingerprint density at radius 1 is 1.04 bits per heavy atom. The molecule has 1 fully saturated rings. The molecule has 5 nitrogen and oxygen atoms in total. The van der Waals surface area contributed by atoms with Gasteiger partial charge in [0, 0.05) is 6.54 Å². The quantitative estimate of drug-likeness (QED) is 0.313. The zero-order valence-corrected chi connectivity index (χ0v) is 16.0. The Labute approximate surface area is 166 Å². The smallest absolute Gasteiger partial charge is 0.314 e. The van der Waals surface area contributed by atoms with Gasteiger partial charge in [-0.1, -0.05) is 42.5 Å². The van der Waals surface area contributed by atoms with E-state index in [2.05, 4.69) is 5.32 Å². The summed E-state index contributed by atoms with van der Waals surface area (Å²) >= 11 is 0. The van der Waals surface area contributed by atoms with Gasteiger partial charge in [0.05, 0.1) is 5.92 Å². The lowest BCUT2D eigenvalue weighted by atomic mass is 9.82. The maximum Gasteiger partial charge on any atom is 0.314 e. The number of ether oxygens (including phenoxy) is 1. The van der Waals surface area contributed by atoms with E-state index >= 15 is 0 Å². The standard InChI is InChI=1S/C21H25N3O2.ClH/c22-21(23)24-14-15-9-11-17(12-10-15)20(25)26-19-8-4-7-18(13-19)16-5-2-1-3-6-16;/h1-8,13,15,17H,9-12,14H2,(H4,22,23,24);1H/t15-,17-;. The molecule has 0 unspecified atom stereocenters. The van der Waals surface area contributed by atoms with Crippen molar-refractivity contribution in [2.45, 2.75) is 25.7 Å². The van der Waals surface area contributed by atoms with E-state index in [0.29, 0.717) is 18.2 Å². The van der Waals surface area contributed by atoms with E-state index in [1.807, 2.05) is 54.6 Å². The number of halogens is 1. The molecule has 1 aliphatic carbocycles. The van der Waals surface area contributed by atoms with Crippen LogP contribution in [0, 0.1) is 17.2 Å². The van der Waals surface area contributed by atoms with Crippen LogP contribution in [0.25, 0.3) is 11.1 Å². The van der Waals surface area contributed by atoms with E-state index in [-0.39, 0.29) is 30.3 Å². The summed E-state index contributed by atoms with van der Waals surface area (Å²) in [4.78, 5) is 12.5. The van der Waals surface area contributed by atoms with Gasteiger partial charge in [-0.05, 0) is 54.9 Å². The lowest BCUT2D eigenvalue weighted by Gasteiger charge is -2.27. The molecule has 0 radical (unpaired) electrons. The van der Waals surface area contributed by atoms with Gasteiger partial charge >= 0.3 is 5.97 Å². The zero-order valence-electron chi connectivity index (χ0n) is 15.2. The number of carbonyl (C=O) groups is 1. The third kappa shape index (κ3) is 6.00. The van der Waals surface area contributed by atoms with Crippen molar-refractivity contribution in [2.24, 2.45) is 17.6 Å². The van der Waals surface area contributed by atoms with Gasteiger partial charge in [-0.2, -0.15) is 0 Å². The van der Waals surface area contributed by atoms with Crippen LogP contribution >= 0.6 is 12.4 Å². The minimum atomic E-state index is -0.145. The van der Waals surface area contributed by atoms with Crippen LogP contribution in [0.3, 0.4) is 0 Å². The number of esters is 1. The molecule has 0 amide bonds. The molecular weight excluding hydrogens is 362 g/mol. The maximum absolute atomic E-state index is 12.5. The van der Waals surface area contributed by atoms with Crippen molar-refractivity contribution in [3.8, 4) is 16.9 Å². The molecule has 0 aliphatic heterocycles. The van der Waals surface area contributed by atoms with Crippen molar-refractivity contribution < 1.29 is 9.53 Å². The molecule has 6 heteroatoms. The van der Waals surface area contributed by atoms with E-state index in [1.165, 1.54) is 0 Å². The molecule has 0 bridgehead atoms. The Morgan fingerprint density at radius 2 is 1.70 bits per heavy atom. The minimum Gasteiger partial charge on any atom is -0.426 e. The number of nitrogens with two attached hydrogens (primary N) is 1. The van der Waals surface area contributed by atoms with Crippen molar-refractivity contribution in [1.29, 1.82) is 5.41 Å². The van der Waals surface area contributed by atoms with E-state index < -0.39 is 0 Å². The Hall–Kier alpha value is -2.53. The highest BCUT2D eigenvalue weighted by Gasteiger charge is 2.27. The van der Waals surface area contributed by atoms with Gasteiger partial charge in [0.15, 0.2) is 5.96 Å². The summed E-state index contributed by atoms with van der Waals surface area (Å²) in [5, 5.41) is 10.1. The highest BCUT2D eigenvalue weighted by Crippen LogP contribution is 2.30.